The van der Waals surface area contributed by atoms with E-state index in [1.807, 2.05) is 0 Å². The topological polar surface area (TPSA) is 103 Å². The zero-order valence-electron chi connectivity index (χ0n) is 11.6. The monoisotopic (exact) mass is 295 g/mol. The molecule has 0 aromatic heterocycles. The number of amides is 1. The van der Waals surface area contributed by atoms with E-state index in [0.717, 1.165) is 6.54 Å². The van der Waals surface area contributed by atoms with E-state index in [2.05, 4.69) is 10.6 Å². The number of nitro benzene ring substituents is 1. The van der Waals surface area contributed by atoms with Gasteiger partial charge in [-0.3, -0.25) is 14.9 Å². The molecule has 8 nitrogen and oxygen atoms in total. The fraction of sp³-hybridized carbons (Fsp3) is 0.462. The van der Waals surface area contributed by atoms with Crippen LogP contribution in [-0.4, -0.2) is 50.3 Å². The minimum Gasteiger partial charge on any atom is -0.484 e. The highest BCUT2D eigenvalue weighted by molar-refractivity contribution is 5.94. The van der Waals surface area contributed by atoms with Gasteiger partial charge in [-0.05, 0) is 12.1 Å². The number of nitrogens with one attached hydrogen (secondary N) is 2. The van der Waals surface area contributed by atoms with E-state index >= 15 is 0 Å². The van der Waals surface area contributed by atoms with E-state index in [0.29, 0.717) is 13.2 Å². The molecule has 21 heavy (non-hydrogen) atoms. The third-order valence-electron chi connectivity index (χ3n) is 3.07. The maximum absolute atomic E-state index is 11.5. The smallest absolute Gasteiger partial charge is 0.311 e. The highest BCUT2D eigenvalue weighted by atomic mass is 16.6. The van der Waals surface area contributed by atoms with Crippen molar-refractivity contribution < 1.29 is 19.2 Å². The molecule has 0 saturated carbocycles. The molecule has 1 heterocycles. The van der Waals surface area contributed by atoms with Crippen molar-refractivity contribution in [1.82, 2.24) is 10.6 Å². The van der Waals surface area contributed by atoms with Gasteiger partial charge in [-0.2, -0.15) is 0 Å². The molecule has 1 aliphatic rings. The third-order valence-corrected chi connectivity index (χ3v) is 3.07. The summed E-state index contributed by atoms with van der Waals surface area (Å²) in [5.41, 5.74) is -0.0213. The van der Waals surface area contributed by atoms with E-state index in [9.17, 15) is 14.9 Å². The van der Waals surface area contributed by atoms with E-state index < -0.39 is 4.92 Å². The van der Waals surface area contributed by atoms with Crippen LogP contribution in [0.1, 0.15) is 10.4 Å². The predicted octanol–water partition coefficient (Wildman–Crippen LogP) is 0.322. The molecule has 1 aromatic carbocycles. The molecule has 2 rings (SSSR count). The molecular formula is C13H17N3O5. The van der Waals surface area contributed by atoms with Gasteiger partial charge in [0.2, 0.25) is 0 Å². The number of rotatable bonds is 5. The fourth-order valence-electron chi connectivity index (χ4n) is 1.98. The first-order chi connectivity index (χ1) is 10.1. The van der Waals surface area contributed by atoms with Crippen LogP contribution in [0.25, 0.3) is 0 Å². The highest BCUT2D eigenvalue weighted by Crippen LogP contribution is 2.28. The molecule has 0 bridgehead atoms. The standard InChI is InChI=1S/C13H17N3O5/c1-14-13(17)9-2-3-12(11(6-9)16(18)19)21-8-10-7-15-4-5-20-10/h2-3,6,10,15H,4-5,7-8H2,1H3,(H,14,17). The van der Waals surface area contributed by atoms with Crippen LogP contribution in [-0.2, 0) is 4.74 Å². The summed E-state index contributed by atoms with van der Waals surface area (Å²) < 4.78 is 10.9. The molecular weight excluding hydrogens is 278 g/mol. The van der Waals surface area contributed by atoms with Gasteiger partial charge in [0.15, 0.2) is 5.75 Å². The molecule has 0 spiro atoms. The number of hydrogen-bond donors (Lipinski definition) is 2. The van der Waals surface area contributed by atoms with Crippen LogP contribution < -0.4 is 15.4 Å². The Labute approximate surface area is 121 Å². The number of carbonyl (C=O) groups is 1. The van der Waals surface area contributed by atoms with Gasteiger partial charge in [-0.1, -0.05) is 0 Å². The van der Waals surface area contributed by atoms with Crippen LogP contribution in [0.5, 0.6) is 5.75 Å². The normalized spacial score (nSPS) is 18.0. The fourth-order valence-corrected chi connectivity index (χ4v) is 1.98. The minimum atomic E-state index is -0.568. The Morgan fingerprint density at radius 3 is 3.05 bits per heavy atom. The molecule has 1 aromatic rings. The van der Waals surface area contributed by atoms with Crippen molar-refractivity contribution in [2.45, 2.75) is 6.10 Å². The Morgan fingerprint density at radius 2 is 2.43 bits per heavy atom. The van der Waals surface area contributed by atoms with Crippen LogP contribution in [0.3, 0.4) is 0 Å². The Balaban J connectivity index is 2.10. The lowest BCUT2D eigenvalue weighted by Gasteiger charge is -2.23. The quantitative estimate of drug-likeness (QED) is 0.599. The van der Waals surface area contributed by atoms with Crippen molar-refractivity contribution in [1.29, 1.82) is 0 Å². The zero-order chi connectivity index (χ0) is 15.2. The summed E-state index contributed by atoms with van der Waals surface area (Å²) in [7, 11) is 1.46. The number of morpholine rings is 1. The van der Waals surface area contributed by atoms with Crippen LogP contribution in [0.4, 0.5) is 5.69 Å². The second-order valence-electron chi connectivity index (χ2n) is 4.53. The SMILES string of the molecule is CNC(=O)c1ccc(OCC2CNCCO2)c([N+](=O)[O-])c1. The first-order valence-electron chi connectivity index (χ1n) is 6.57. The van der Waals surface area contributed by atoms with Crippen LogP contribution >= 0.6 is 0 Å². The molecule has 1 aliphatic heterocycles. The zero-order valence-corrected chi connectivity index (χ0v) is 11.6. The lowest BCUT2D eigenvalue weighted by Crippen LogP contribution is -2.41. The largest absolute Gasteiger partial charge is 0.484 e. The van der Waals surface area contributed by atoms with Crippen molar-refractivity contribution in [3.63, 3.8) is 0 Å². The summed E-state index contributed by atoms with van der Waals surface area (Å²) in [6.07, 6.45) is -0.142. The summed E-state index contributed by atoms with van der Waals surface area (Å²) in [5, 5.41) is 16.7. The Morgan fingerprint density at radius 1 is 1.62 bits per heavy atom. The van der Waals surface area contributed by atoms with E-state index in [1.165, 1.54) is 25.2 Å². The number of hydrogen-bond acceptors (Lipinski definition) is 6. The molecule has 2 N–H and O–H groups in total. The molecule has 114 valence electrons. The van der Waals surface area contributed by atoms with Gasteiger partial charge < -0.3 is 20.1 Å². The first kappa shape index (κ1) is 15.2. The first-order valence-corrected chi connectivity index (χ1v) is 6.57. The molecule has 0 aliphatic carbocycles. The number of nitrogens with zero attached hydrogens (tertiary/aromatic N) is 1. The van der Waals surface area contributed by atoms with Gasteiger partial charge in [0.25, 0.3) is 5.91 Å². The van der Waals surface area contributed by atoms with Crippen molar-refractivity contribution >= 4 is 11.6 Å². The average Bonchev–Trinajstić information content (AvgIpc) is 2.52. The van der Waals surface area contributed by atoms with Gasteiger partial charge in [0.05, 0.1) is 11.5 Å². The maximum Gasteiger partial charge on any atom is 0.311 e. The van der Waals surface area contributed by atoms with E-state index in [-0.39, 0.29) is 35.6 Å². The van der Waals surface area contributed by atoms with Crippen molar-refractivity contribution in [2.75, 3.05) is 33.4 Å². The summed E-state index contributed by atoms with van der Waals surface area (Å²) in [6.45, 7) is 2.24. The lowest BCUT2D eigenvalue weighted by atomic mass is 10.1. The summed E-state index contributed by atoms with van der Waals surface area (Å²) in [6, 6.07) is 4.12. The van der Waals surface area contributed by atoms with Crippen LogP contribution in [0.15, 0.2) is 18.2 Å². The molecule has 1 saturated heterocycles. The second kappa shape index (κ2) is 7.00. The summed E-state index contributed by atoms with van der Waals surface area (Å²) in [4.78, 5) is 22.0. The van der Waals surface area contributed by atoms with Crippen molar-refractivity contribution in [2.24, 2.45) is 0 Å². The number of nitro groups is 1. The molecule has 1 amide bonds. The molecule has 1 atom stereocenters. The van der Waals surface area contributed by atoms with Gasteiger partial charge >= 0.3 is 5.69 Å². The molecule has 1 unspecified atom stereocenters. The Bertz CT molecular complexity index is 529. The molecule has 1 fully saturated rings. The summed E-state index contributed by atoms with van der Waals surface area (Å²) in [5.74, 6) is -0.258. The predicted molar refractivity (Wildman–Crippen MR) is 74.6 cm³/mol. The van der Waals surface area contributed by atoms with E-state index in [1.54, 1.807) is 0 Å². The van der Waals surface area contributed by atoms with Crippen LogP contribution in [0.2, 0.25) is 0 Å². The maximum atomic E-state index is 11.5. The van der Waals surface area contributed by atoms with Gasteiger partial charge in [-0.25, -0.2) is 0 Å². The summed E-state index contributed by atoms with van der Waals surface area (Å²) >= 11 is 0. The van der Waals surface area contributed by atoms with Gasteiger partial charge in [-0.15, -0.1) is 0 Å². The third kappa shape index (κ3) is 3.89. The Kier molecular flexibility index (Phi) is 5.07. The highest BCUT2D eigenvalue weighted by Gasteiger charge is 2.20. The van der Waals surface area contributed by atoms with Crippen LogP contribution in [0, 0.1) is 10.1 Å². The number of ether oxygens (including phenoxy) is 2. The Hall–Kier alpha value is -2.19. The van der Waals surface area contributed by atoms with Crippen molar-refractivity contribution in [3.05, 3.63) is 33.9 Å². The lowest BCUT2D eigenvalue weighted by molar-refractivity contribution is -0.386. The number of benzene rings is 1. The van der Waals surface area contributed by atoms with E-state index in [4.69, 9.17) is 9.47 Å². The van der Waals surface area contributed by atoms with Gasteiger partial charge in [0.1, 0.15) is 12.7 Å². The van der Waals surface area contributed by atoms with Gasteiger partial charge in [0, 0.05) is 31.8 Å². The average molecular weight is 295 g/mol. The van der Waals surface area contributed by atoms with Crippen molar-refractivity contribution in [3.8, 4) is 5.75 Å². The molecule has 8 heteroatoms. The minimum absolute atomic E-state index is 0.127. The molecule has 0 radical (unpaired) electrons. The second-order valence-corrected chi connectivity index (χ2v) is 4.53. The number of carbonyl (C=O) groups excluding carboxylic acids is 1.